The monoisotopic (exact) mass is 281 g/mol. The van der Waals surface area contributed by atoms with Crippen molar-refractivity contribution in [3.05, 3.63) is 0 Å². The summed E-state index contributed by atoms with van der Waals surface area (Å²) in [6.45, 7) is 5.90. The molecule has 1 aromatic heterocycles. The van der Waals surface area contributed by atoms with Crippen LogP contribution in [0.15, 0.2) is 0 Å². The zero-order valence-corrected chi connectivity index (χ0v) is 13.4. The fraction of sp³-hybridized carbons (Fsp3) is 0.769. The van der Waals surface area contributed by atoms with Crippen molar-refractivity contribution >= 4 is 17.8 Å². The Bertz CT molecular complexity index is 406. The van der Waals surface area contributed by atoms with Gasteiger partial charge in [0, 0.05) is 33.2 Å². The molecule has 1 rings (SSSR count). The predicted molar refractivity (Wildman–Crippen MR) is 84.6 cm³/mol. The molecular weight excluding hydrogens is 254 g/mol. The molecule has 1 heterocycles. The third-order valence-electron chi connectivity index (χ3n) is 2.99. The van der Waals surface area contributed by atoms with E-state index in [1.807, 2.05) is 19.0 Å². The van der Waals surface area contributed by atoms with Crippen molar-refractivity contribution in [3.63, 3.8) is 0 Å². The van der Waals surface area contributed by atoms with Crippen LogP contribution in [0.4, 0.5) is 17.8 Å². The van der Waals surface area contributed by atoms with Crippen LogP contribution < -0.4 is 15.5 Å². The molecule has 1 unspecified atom stereocenters. The second-order valence-electron chi connectivity index (χ2n) is 5.30. The van der Waals surface area contributed by atoms with E-state index >= 15 is 0 Å². The predicted octanol–water partition coefficient (Wildman–Crippen LogP) is 1.12. The minimum atomic E-state index is 0.404. The van der Waals surface area contributed by atoms with Gasteiger partial charge in [0.15, 0.2) is 0 Å². The topological polar surface area (TPSA) is 69.2 Å². The molecule has 0 fully saturated rings. The lowest BCUT2D eigenvalue weighted by molar-refractivity contribution is 0.325. The van der Waals surface area contributed by atoms with E-state index in [-0.39, 0.29) is 0 Å². The first-order chi connectivity index (χ1) is 9.43. The summed E-state index contributed by atoms with van der Waals surface area (Å²) < 4.78 is 0. The third kappa shape index (κ3) is 5.16. The molecular formula is C13H27N7. The minimum absolute atomic E-state index is 0.404. The largest absolute Gasteiger partial charge is 0.354 e. The van der Waals surface area contributed by atoms with Gasteiger partial charge < -0.3 is 20.4 Å². The van der Waals surface area contributed by atoms with Gasteiger partial charge in [0.1, 0.15) is 0 Å². The van der Waals surface area contributed by atoms with Crippen LogP contribution in [0.1, 0.15) is 20.3 Å². The zero-order chi connectivity index (χ0) is 15.1. The smallest absolute Gasteiger partial charge is 0.231 e. The molecule has 0 bridgehead atoms. The van der Waals surface area contributed by atoms with Crippen LogP contribution in [0.5, 0.6) is 0 Å². The SMILES string of the molecule is CCCNc1nc(NCC(C)N(C)C)nc(N(C)C)n1. The molecule has 0 aliphatic carbocycles. The summed E-state index contributed by atoms with van der Waals surface area (Å²) in [5.74, 6) is 1.88. The lowest BCUT2D eigenvalue weighted by atomic mass is 10.3. The van der Waals surface area contributed by atoms with Crippen LogP contribution in [0.2, 0.25) is 0 Å². The molecule has 0 aliphatic rings. The molecule has 0 saturated carbocycles. The van der Waals surface area contributed by atoms with Gasteiger partial charge in [-0.2, -0.15) is 15.0 Å². The number of nitrogens with zero attached hydrogens (tertiary/aromatic N) is 5. The molecule has 0 saturated heterocycles. The molecule has 0 radical (unpaired) electrons. The van der Waals surface area contributed by atoms with Crippen molar-refractivity contribution in [2.24, 2.45) is 0 Å². The second-order valence-corrected chi connectivity index (χ2v) is 5.30. The van der Waals surface area contributed by atoms with E-state index < -0.39 is 0 Å². The maximum absolute atomic E-state index is 4.41. The van der Waals surface area contributed by atoms with Crippen LogP contribution in [0, 0.1) is 0 Å². The minimum Gasteiger partial charge on any atom is -0.354 e. The van der Waals surface area contributed by atoms with Gasteiger partial charge in [-0.3, -0.25) is 0 Å². The maximum atomic E-state index is 4.41. The molecule has 7 heteroatoms. The number of nitrogens with one attached hydrogen (secondary N) is 2. The number of rotatable bonds is 8. The summed E-state index contributed by atoms with van der Waals surface area (Å²) in [5.41, 5.74) is 0. The van der Waals surface area contributed by atoms with E-state index in [0.29, 0.717) is 23.9 Å². The Labute approximate surface area is 121 Å². The Balaban J connectivity index is 2.80. The number of hydrogen-bond acceptors (Lipinski definition) is 7. The van der Waals surface area contributed by atoms with Gasteiger partial charge in [-0.15, -0.1) is 0 Å². The highest BCUT2D eigenvalue weighted by atomic mass is 15.3. The van der Waals surface area contributed by atoms with Crippen LogP contribution in [-0.4, -0.2) is 67.2 Å². The van der Waals surface area contributed by atoms with E-state index in [1.54, 1.807) is 0 Å². The Kier molecular flexibility index (Phi) is 6.44. The molecule has 0 aromatic carbocycles. The van der Waals surface area contributed by atoms with Gasteiger partial charge in [0.05, 0.1) is 0 Å². The van der Waals surface area contributed by atoms with Crippen molar-refractivity contribution in [1.82, 2.24) is 19.9 Å². The number of anilines is 3. The van der Waals surface area contributed by atoms with Crippen LogP contribution in [0.25, 0.3) is 0 Å². The average molecular weight is 281 g/mol. The lowest BCUT2D eigenvalue weighted by Crippen LogP contribution is -2.32. The van der Waals surface area contributed by atoms with E-state index in [0.717, 1.165) is 19.5 Å². The highest BCUT2D eigenvalue weighted by Gasteiger charge is 2.09. The second kappa shape index (κ2) is 7.84. The average Bonchev–Trinajstić information content (AvgIpc) is 2.42. The highest BCUT2D eigenvalue weighted by Crippen LogP contribution is 2.11. The molecule has 1 atom stereocenters. The van der Waals surface area contributed by atoms with Crippen molar-refractivity contribution in [2.75, 3.05) is 56.8 Å². The Morgan fingerprint density at radius 1 is 1.00 bits per heavy atom. The lowest BCUT2D eigenvalue weighted by Gasteiger charge is -2.20. The first-order valence-corrected chi connectivity index (χ1v) is 7.01. The molecule has 20 heavy (non-hydrogen) atoms. The standard InChI is InChI=1S/C13H27N7/c1-7-8-14-11-16-12(15-9-10(2)19(3)4)18-13(17-11)20(5)6/h10H,7-9H2,1-6H3,(H2,14,15,16,17,18). The normalized spacial score (nSPS) is 12.3. The summed E-state index contributed by atoms with van der Waals surface area (Å²) in [6.07, 6.45) is 1.03. The van der Waals surface area contributed by atoms with Crippen molar-refractivity contribution in [2.45, 2.75) is 26.3 Å². The van der Waals surface area contributed by atoms with E-state index in [2.05, 4.69) is 58.4 Å². The van der Waals surface area contributed by atoms with Crippen molar-refractivity contribution < 1.29 is 0 Å². The Morgan fingerprint density at radius 2 is 1.60 bits per heavy atom. The third-order valence-corrected chi connectivity index (χ3v) is 2.99. The maximum Gasteiger partial charge on any atom is 0.231 e. The quantitative estimate of drug-likeness (QED) is 0.740. The van der Waals surface area contributed by atoms with E-state index in [1.165, 1.54) is 0 Å². The van der Waals surface area contributed by atoms with Gasteiger partial charge in [-0.25, -0.2) is 0 Å². The van der Waals surface area contributed by atoms with Gasteiger partial charge in [-0.05, 0) is 27.4 Å². The number of likely N-dealkylation sites (N-methyl/N-ethyl adjacent to an activating group) is 1. The summed E-state index contributed by atoms with van der Waals surface area (Å²) >= 11 is 0. The van der Waals surface area contributed by atoms with Gasteiger partial charge in [-0.1, -0.05) is 6.92 Å². The number of aromatic nitrogens is 3. The fourth-order valence-electron chi connectivity index (χ4n) is 1.38. The molecule has 0 spiro atoms. The molecule has 0 amide bonds. The van der Waals surface area contributed by atoms with Gasteiger partial charge in [0.25, 0.3) is 0 Å². The number of hydrogen-bond donors (Lipinski definition) is 2. The summed E-state index contributed by atoms with van der Waals surface area (Å²) in [5, 5.41) is 6.47. The molecule has 1 aromatic rings. The van der Waals surface area contributed by atoms with E-state index in [9.17, 15) is 0 Å². The Hall–Kier alpha value is -1.63. The summed E-state index contributed by atoms with van der Waals surface area (Å²) in [6, 6.07) is 0.404. The van der Waals surface area contributed by atoms with Crippen molar-refractivity contribution in [1.29, 1.82) is 0 Å². The first-order valence-electron chi connectivity index (χ1n) is 7.01. The van der Waals surface area contributed by atoms with Gasteiger partial charge >= 0.3 is 0 Å². The fourth-order valence-corrected chi connectivity index (χ4v) is 1.38. The van der Waals surface area contributed by atoms with Crippen LogP contribution in [-0.2, 0) is 0 Å². The summed E-state index contributed by atoms with van der Waals surface area (Å²) in [7, 11) is 7.95. The zero-order valence-electron chi connectivity index (χ0n) is 13.4. The van der Waals surface area contributed by atoms with Crippen molar-refractivity contribution in [3.8, 4) is 0 Å². The van der Waals surface area contributed by atoms with E-state index in [4.69, 9.17) is 0 Å². The first kappa shape index (κ1) is 16.4. The summed E-state index contributed by atoms with van der Waals surface area (Å²) in [4.78, 5) is 17.2. The molecule has 2 N–H and O–H groups in total. The van der Waals surface area contributed by atoms with Crippen LogP contribution in [0.3, 0.4) is 0 Å². The Morgan fingerprint density at radius 3 is 2.10 bits per heavy atom. The molecule has 0 aliphatic heterocycles. The molecule has 114 valence electrons. The van der Waals surface area contributed by atoms with Gasteiger partial charge in [0.2, 0.25) is 17.8 Å². The van der Waals surface area contributed by atoms with Crippen LogP contribution >= 0.6 is 0 Å². The molecule has 7 nitrogen and oxygen atoms in total. The highest BCUT2D eigenvalue weighted by molar-refractivity contribution is 5.42.